The van der Waals surface area contributed by atoms with E-state index in [-0.39, 0.29) is 5.69 Å². The molecule has 8 heteroatoms. The molecule has 116 valence electrons. The lowest BCUT2D eigenvalue weighted by molar-refractivity contribution is 0.0950. The Labute approximate surface area is 141 Å². The van der Waals surface area contributed by atoms with Crippen molar-refractivity contribution in [3.05, 3.63) is 64.0 Å². The first kappa shape index (κ1) is 15.3. The lowest BCUT2D eigenvalue weighted by Gasteiger charge is -1.99. The van der Waals surface area contributed by atoms with Crippen LogP contribution in [0.1, 0.15) is 16.1 Å². The number of hydrazone groups is 1. The van der Waals surface area contributed by atoms with Gasteiger partial charge in [0.25, 0.3) is 5.91 Å². The van der Waals surface area contributed by atoms with Crippen LogP contribution in [0.5, 0.6) is 0 Å². The molecule has 1 amide bonds. The number of amides is 1. The summed E-state index contributed by atoms with van der Waals surface area (Å²) in [6, 6.07) is 10.2. The molecule has 0 saturated heterocycles. The number of furan rings is 1. The van der Waals surface area contributed by atoms with Gasteiger partial charge in [0.05, 0.1) is 22.5 Å². The fourth-order valence-electron chi connectivity index (χ4n) is 1.83. The first-order valence-electron chi connectivity index (χ1n) is 6.52. The minimum absolute atomic E-state index is 0.186. The molecule has 23 heavy (non-hydrogen) atoms. The number of halogens is 2. The van der Waals surface area contributed by atoms with Crippen LogP contribution in [0.2, 0.25) is 10.0 Å². The molecule has 0 spiro atoms. The molecule has 0 fully saturated rings. The number of H-pyrrole nitrogens is 1. The fourth-order valence-corrected chi connectivity index (χ4v) is 2.19. The fraction of sp³-hybridized carbons (Fsp3) is 0. The van der Waals surface area contributed by atoms with E-state index in [2.05, 4.69) is 20.7 Å². The largest absolute Gasteiger partial charge is 0.463 e. The number of hydrogen-bond acceptors (Lipinski definition) is 4. The smallest absolute Gasteiger partial charge is 0.291 e. The Morgan fingerprint density at radius 1 is 1.30 bits per heavy atom. The Morgan fingerprint density at radius 3 is 2.96 bits per heavy atom. The second-order valence-electron chi connectivity index (χ2n) is 4.49. The monoisotopic (exact) mass is 348 g/mol. The first-order valence-corrected chi connectivity index (χ1v) is 7.27. The van der Waals surface area contributed by atoms with Gasteiger partial charge in [0.2, 0.25) is 0 Å². The molecule has 0 radical (unpaired) electrons. The molecule has 2 heterocycles. The minimum Gasteiger partial charge on any atom is -0.463 e. The summed E-state index contributed by atoms with van der Waals surface area (Å²) in [5.41, 5.74) is 3.75. The van der Waals surface area contributed by atoms with Crippen molar-refractivity contribution in [1.29, 1.82) is 0 Å². The highest BCUT2D eigenvalue weighted by Crippen LogP contribution is 2.24. The Balaban J connectivity index is 1.68. The van der Waals surface area contributed by atoms with Gasteiger partial charge in [0.1, 0.15) is 5.69 Å². The molecule has 0 unspecified atom stereocenters. The first-order chi connectivity index (χ1) is 11.1. The molecule has 0 bridgehead atoms. The van der Waals surface area contributed by atoms with Gasteiger partial charge in [-0.2, -0.15) is 10.2 Å². The normalized spacial score (nSPS) is 11.0. The quantitative estimate of drug-likeness (QED) is 0.556. The summed E-state index contributed by atoms with van der Waals surface area (Å²) in [5, 5.41) is 11.3. The number of benzene rings is 1. The summed E-state index contributed by atoms with van der Waals surface area (Å²) in [6.45, 7) is 0. The number of carbonyl (C=O) groups is 1. The van der Waals surface area contributed by atoms with Crippen molar-refractivity contribution in [2.24, 2.45) is 5.10 Å². The number of nitrogens with zero attached hydrogens (tertiary/aromatic N) is 2. The predicted octanol–water partition coefficient (Wildman–Crippen LogP) is 3.74. The number of rotatable bonds is 4. The second-order valence-corrected chi connectivity index (χ2v) is 5.27. The van der Waals surface area contributed by atoms with Gasteiger partial charge in [-0.1, -0.05) is 35.3 Å². The van der Waals surface area contributed by atoms with E-state index >= 15 is 0 Å². The molecule has 3 aromatic rings. The van der Waals surface area contributed by atoms with Gasteiger partial charge >= 0.3 is 0 Å². The van der Waals surface area contributed by atoms with Gasteiger partial charge in [-0.3, -0.25) is 9.89 Å². The van der Waals surface area contributed by atoms with Crippen LogP contribution < -0.4 is 5.43 Å². The van der Waals surface area contributed by atoms with Crippen LogP contribution in [-0.4, -0.2) is 22.3 Å². The van der Waals surface area contributed by atoms with Crippen molar-refractivity contribution in [1.82, 2.24) is 15.6 Å². The maximum atomic E-state index is 12.0. The maximum absolute atomic E-state index is 12.0. The number of aromatic nitrogens is 2. The highest BCUT2D eigenvalue weighted by atomic mass is 35.5. The highest BCUT2D eigenvalue weighted by molar-refractivity contribution is 6.43. The van der Waals surface area contributed by atoms with Gasteiger partial charge in [-0.15, -0.1) is 0 Å². The molecule has 2 aromatic heterocycles. The lowest BCUT2D eigenvalue weighted by atomic mass is 10.2. The van der Waals surface area contributed by atoms with Crippen molar-refractivity contribution in [2.45, 2.75) is 0 Å². The van der Waals surface area contributed by atoms with Gasteiger partial charge in [-0.25, -0.2) is 5.43 Å². The molecule has 0 aliphatic heterocycles. The predicted molar refractivity (Wildman–Crippen MR) is 87.8 cm³/mol. The molecule has 0 aliphatic rings. The van der Waals surface area contributed by atoms with Gasteiger partial charge < -0.3 is 4.42 Å². The Hall–Kier alpha value is -2.57. The average molecular weight is 349 g/mol. The molecule has 0 aliphatic carbocycles. The average Bonchev–Trinajstić information content (AvgIpc) is 3.21. The van der Waals surface area contributed by atoms with Crippen LogP contribution in [-0.2, 0) is 0 Å². The van der Waals surface area contributed by atoms with E-state index in [0.29, 0.717) is 27.1 Å². The van der Waals surface area contributed by atoms with Gasteiger partial charge in [-0.05, 0) is 18.2 Å². The lowest BCUT2D eigenvalue weighted by Crippen LogP contribution is -2.18. The van der Waals surface area contributed by atoms with E-state index in [1.807, 2.05) is 0 Å². The molecule has 0 atom stereocenters. The third-order valence-electron chi connectivity index (χ3n) is 2.95. The summed E-state index contributed by atoms with van der Waals surface area (Å²) in [4.78, 5) is 12.0. The zero-order valence-electron chi connectivity index (χ0n) is 11.6. The Morgan fingerprint density at radius 2 is 2.17 bits per heavy atom. The van der Waals surface area contributed by atoms with Crippen molar-refractivity contribution < 1.29 is 9.21 Å². The second kappa shape index (κ2) is 6.68. The number of nitrogens with one attached hydrogen (secondary N) is 2. The maximum Gasteiger partial charge on any atom is 0.291 e. The zero-order chi connectivity index (χ0) is 16.2. The van der Waals surface area contributed by atoms with Gasteiger partial charge in [0.15, 0.2) is 11.5 Å². The van der Waals surface area contributed by atoms with Crippen molar-refractivity contribution in [3.8, 4) is 11.5 Å². The summed E-state index contributed by atoms with van der Waals surface area (Å²) >= 11 is 11.9. The molecule has 2 N–H and O–H groups in total. The van der Waals surface area contributed by atoms with Crippen LogP contribution in [0, 0.1) is 0 Å². The van der Waals surface area contributed by atoms with E-state index in [0.717, 1.165) is 0 Å². The van der Waals surface area contributed by atoms with Crippen molar-refractivity contribution in [2.75, 3.05) is 0 Å². The van der Waals surface area contributed by atoms with Crippen LogP contribution in [0.15, 0.2) is 52.2 Å². The summed E-state index contributed by atoms with van der Waals surface area (Å²) in [5.74, 6) is 0.124. The third kappa shape index (κ3) is 3.44. The summed E-state index contributed by atoms with van der Waals surface area (Å²) < 4.78 is 5.22. The van der Waals surface area contributed by atoms with E-state index in [4.69, 9.17) is 27.6 Å². The van der Waals surface area contributed by atoms with E-state index < -0.39 is 5.91 Å². The highest BCUT2D eigenvalue weighted by Gasteiger charge is 2.12. The standard InChI is InChI=1S/C15H10Cl2N4O2/c16-10-4-1-3-9(14(10)17)8-18-21-15(22)12-7-11(19-20-12)13-5-2-6-23-13/h1-8H,(H,19,20)(H,21,22). The van der Waals surface area contributed by atoms with Crippen LogP contribution in [0.25, 0.3) is 11.5 Å². The molecule has 6 nitrogen and oxygen atoms in total. The summed E-state index contributed by atoms with van der Waals surface area (Å²) in [6.07, 6.45) is 2.95. The molecule has 3 rings (SSSR count). The number of hydrogen-bond donors (Lipinski definition) is 2. The minimum atomic E-state index is -0.464. The molecular formula is C15H10Cl2N4O2. The van der Waals surface area contributed by atoms with Crippen molar-refractivity contribution >= 4 is 35.3 Å². The molecule has 0 saturated carbocycles. The number of aromatic amines is 1. The van der Waals surface area contributed by atoms with Gasteiger partial charge in [0, 0.05) is 11.6 Å². The van der Waals surface area contributed by atoms with E-state index in [9.17, 15) is 4.79 Å². The van der Waals surface area contributed by atoms with E-state index in [1.54, 1.807) is 36.4 Å². The zero-order valence-corrected chi connectivity index (χ0v) is 13.1. The van der Waals surface area contributed by atoms with E-state index in [1.165, 1.54) is 12.5 Å². The Bertz CT molecular complexity index is 856. The molecular weight excluding hydrogens is 339 g/mol. The van der Waals surface area contributed by atoms with Crippen LogP contribution >= 0.6 is 23.2 Å². The topological polar surface area (TPSA) is 83.3 Å². The SMILES string of the molecule is O=C(NN=Cc1cccc(Cl)c1Cl)c1cc(-c2ccco2)[nH]n1. The van der Waals surface area contributed by atoms with Crippen LogP contribution in [0.4, 0.5) is 0 Å². The summed E-state index contributed by atoms with van der Waals surface area (Å²) in [7, 11) is 0. The third-order valence-corrected chi connectivity index (χ3v) is 3.78. The Kier molecular flexibility index (Phi) is 4.45. The molecule has 1 aromatic carbocycles. The van der Waals surface area contributed by atoms with Crippen LogP contribution in [0.3, 0.4) is 0 Å². The number of carbonyl (C=O) groups excluding carboxylic acids is 1. The van der Waals surface area contributed by atoms with Crippen molar-refractivity contribution in [3.63, 3.8) is 0 Å².